The first-order chi connectivity index (χ1) is 13.8. The molecule has 0 aliphatic carbocycles. The number of imide groups is 1. The van der Waals surface area contributed by atoms with Gasteiger partial charge in [0.05, 0.1) is 11.3 Å². The monoisotopic (exact) mass is 394 g/mol. The Morgan fingerprint density at radius 2 is 1.62 bits per heavy atom. The van der Waals surface area contributed by atoms with E-state index in [0.29, 0.717) is 11.4 Å². The second-order valence-corrected chi connectivity index (χ2v) is 7.02. The van der Waals surface area contributed by atoms with Crippen LogP contribution in [-0.2, 0) is 19.1 Å². The van der Waals surface area contributed by atoms with Crippen LogP contribution < -0.4 is 10.2 Å². The highest BCUT2D eigenvalue weighted by Gasteiger charge is 2.30. The van der Waals surface area contributed by atoms with Gasteiger partial charge in [0.2, 0.25) is 11.8 Å². The van der Waals surface area contributed by atoms with E-state index in [-0.39, 0.29) is 30.2 Å². The summed E-state index contributed by atoms with van der Waals surface area (Å²) >= 11 is 0. The number of aryl methyl sites for hydroxylation is 2. The molecule has 1 aliphatic heterocycles. The van der Waals surface area contributed by atoms with Crippen LogP contribution in [0.1, 0.15) is 41.3 Å². The molecule has 1 N–H and O–H groups in total. The van der Waals surface area contributed by atoms with Gasteiger partial charge in [0.15, 0.2) is 6.10 Å². The van der Waals surface area contributed by atoms with E-state index >= 15 is 0 Å². The van der Waals surface area contributed by atoms with E-state index in [0.717, 1.165) is 16.0 Å². The highest BCUT2D eigenvalue weighted by Crippen LogP contribution is 2.23. The third kappa shape index (κ3) is 4.51. The van der Waals surface area contributed by atoms with Crippen LogP contribution in [-0.4, -0.2) is 29.8 Å². The minimum atomic E-state index is -0.996. The van der Waals surface area contributed by atoms with Crippen LogP contribution in [0.5, 0.6) is 0 Å². The lowest BCUT2D eigenvalue weighted by Gasteiger charge is -2.16. The summed E-state index contributed by atoms with van der Waals surface area (Å²) in [5, 5.41) is 2.77. The fourth-order valence-electron chi connectivity index (χ4n) is 3.00. The summed E-state index contributed by atoms with van der Waals surface area (Å²) in [6.07, 6.45) is -0.616. The molecule has 1 saturated heterocycles. The van der Waals surface area contributed by atoms with E-state index in [1.807, 2.05) is 32.0 Å². The zero-order valence-electron chi connectivity index (χ0n) is 16.5. The van der Waals surface area contributed by atoms with Gasteiger partial charge in [-0.2, -0.15) is 0 Å². The first-order valence-electron chi connectivity index (χ1n) is 9.31. The van der Waals surface area contributed by atoms with Gasteiger partial charge in [0, 0.05) is 18.5 Å². The van der Waals surface area contributed by atoms with Crippen molar-refractivity contribution in [3.63, 3.8) is 0 Å². The minimum absolute atomic E-state index is 0.190. The summed E-state index contributed by atoms with van der Waals surface area (Å²) < 4.78 is 5.25. The molecule has 0 spiro atoms. The van der Waals surface area contributed by atoms with Crippen molar-refractivity contribution in [1.82, 2.24) is 0 Å². The standard InChI is InChI=1S/C22H22N2O5/c1-13-4-5-14(2)18(12-13)23-21(27)15(3)29-22(28)16-6-8-17(9-7-16)24-19(25)10-11-20(24)26/h4-9,12,15H,10-11H2,1-3H3,(H,23,27). The quantitative estimate of drug-likeness (QED) is 0.621. The molecule has 0 aromatic heterocycles. The number of amides is 3. The fraction of sp³-hybridized carbons (Fsp3) is 0.273. The Labute approximate surface area is 168 Å². The van der Waals surface area contributed by atoms with Gasteiger partial charge in [-0.25, -0.2) is 4.79 Å². The number of esters is 1. The third-order valence-corrected chi connectivity index (χ3v) is 4.72. The number of ether oxygens (including phenoxy) is 1. The van der Waals surface area contributed by atoms with Crippen LogP contribution in [0.25, 0.3) is 0 Å². The van der Waals surface area contributed by atoms with E-state index < -0.39 is 18.0 Å². The molecule has 1 unspecified atom stereocenters. The smallest absolute Gasteiger partial charge is 0.338 e. The molecule has 3 amide bonds. The van der Waals surface area contributed by atoms with Crippen molar-refractivity contribution >= 4 is 35.1 Å². The highest BCUT2D eigenvalue weighted by atomic mass is 16.5. The van der Waals surface area contributed by atoms with Crippen LogP contribution in [0, 0.1) is 13.8 Å². The van der Waals surface area contributed by atoms with E-state index in [2.05, 4.69) is 5.32 Å². The van der Waals surface area contributed by atoms with E-state index in [1.54, 1.807) is 0 Å². The van der Waals surface area contributed by atoms with Crippen LogP contribution in [0.3, 0.4) is 0 Å². The number of rotatable bonds is 5. The lowest BCUT2D eigenvalue weighted by Crippen LogP contribution is -2.30. The highest BCUT2D eigenvalue weighted by molar-refractivity contribution is 6.19. The van der Waals surface area contributed by atoms with Crippen molar-refractivity contribution in [1.29, 1.82) is 0 Å². The van der Waals surface area contributed by atoms with Gasteiger partial charge in [-0.05, 0) is 62.2 Å². The van der Waals surface area contributed by atoms with E-state index in [1.165, 1.54) is 31.2 Å². The molecule has 3 rings (SSSR count). The molecule has 0 bridgehead atoms. The van der Waals surface area contributed by atoms with Gasteiger partial charge in [-0.3, -0.25) is 19.3 Å². The maximum absolute atomic E-state index is 12.4. The van der Waals surface area contributed by atoms with Gasteiger partial charge in [-0.1, -0.05) is 12.1 Å². The molecule has 0 radical (unpaired) electrons. The minimum Gasteiger partial charge on any atom is -0.449 e. The fourth-order valence-corrected chi connectivity index (χ4v) is 3.00. The SMILES string of the molecule is Cc1ccc(C)c(NC(=O)C(C)OC(=O)c2ccc(N3C(=O)CCC3=O)cc2)c1. The van der Waals surface area contributed by atoms with Gasteiger partial charge < -0.3 is 10.1 Å². The summed E-state index contributed by atoms with van der Waals surface area (Å²) in [5.41, 5.74) is 3.21. The number of hydrogen-bond donors (Lipinski definition) is 1. The Morgan fingerprint density at radius 1 is 1.00 bits per heavy atom. The van der Waals surface area contributed by atoms with Crippen LogP contribution >= 0.6 is 0 Å². The Kier molecular flexibility index (Phi) is 5.77. The number of nitrogens with one attached hydrogen (secondary N) is 1. The van der Waals surface area contributed by atoms with E-state index in [4.69, 9.17) is 4.74 Å². The normalized spacial score (nSPS) is 14.7. The van der Waals surface area contributed by atoms with Gasteiger partial charge in [0.1, 0.15) is 0 Å². The molecule has 2 aromatic rings. The lowest BCUT2D eigenvalue weighted by molar-refractivity contribution is -0.124. The van der Waals surface area contributed by atoms with Crippen LogP contribution in [0.2, 0.25) is 0 Å². The molecule has 0 saturated carbocycles. The van der Waals surface area contributed by atoms with Gasteiger partial charge in [0.25, 0.3) is 5.91 Å². The Balaban J connectivity index is 1.63. The van der Waals surface area contributed by atoms with Crippen LogP contribution in [0.4, 0.5) is 11.4 Å². The van der Waals surface area contributed by atoms with Crippen molar-refractivity contribution in [3.05, 3.63) is 59.2 Å². The Bertz CT molecular complexity index is 965. The largest absolute Gasteiger partial charge is 0.449 e. The number of carbonyl (C=O) groups excluding carboxylic acids is 4. The summed E-state index contributed by atoms with van der Waals surface area (Å²) in [4.78, 5) is 49.4. The molecule has 150 valence electrons. The summed E-state index contributed by atoms with van der Waals surface area (Å²) in [6, 6.07) is 11.6. The van der Waals surface area contributed by atoms with Crippen LogP contribution in [0.15, 0.2) is 42.5 Å². The number of carbonyl (C=O) groups is 4. The molecule has 2 aromatic carbocycles. The molecule has 1 heterocycles. The molecule has 7 heteroatoms. The predicted molar refractivity (Wildman–Crippen MR) is 108 cm³/mol. The number of benzene rings is 2. The van der Waals surface area contributed by atoms with Crippen molar-refractivity contribution in [3.8, 4) is 0 Å². The summed E-state index contributed by atoms with van der Waals surface area (Å²) in [5.74, 6) is -1.62. The zero-order valence-corrected chi connectivity index (χ0v) is 16.5. The van der Waals surface area contributed by atoms with Crippen molar-refractivity contribution in [2.45, 2.75) is 39.7 Å². The van der Waals surface area contributed by atoms with Crippen molar-refractivity contribution < 1.29 is 23.9 Å². The Hall–Kier alpha value is -3.48. The van der Waals surface area contributed by atoms with Crippen molar-refractivity contribution in [2.24, 2.45) is 0 Å². The van der Waals surface area contributed by atoms with Gasteiger partial charge in [-0.15, -0.1) is 0 Å². The molecule has 7 nitrogen and oxygen atoms in total. The molecule has 1 aliphatic rings. The predicted octanol–water partition coefficient (Wildman–Crippen LogP) is 3.14. The first kappa shape index (κ1) is 20.3. The maximum Gasteiger partial charge on any atom is 0.338 e. The molecule has 1 fully saturated rings. The van der Waals surface area contributed by atoms with Gasteiger partial charge >= 0.3 is 5.97 Å². The average molecular weight is 394 g/mol. The molecule has 29 heavy (non-hydrogen) atoms. The summed E-state index contributed by atoms with van der Waals surface area (Å²) in [6.45, 7) is 5.29. The number of anilines is 2. The lowest BCUT2D eigenvalue weighted by atomic mass is 10.1. The third-order valence-electron chi connectivity index (χ3n) is 4.72. The van der Waals surface area contributed by atoms with Crippen molar-refractivity contribution in [2.75, 3.05) is 10.2 Å². The average Bonchev–Trinajstić information content (AvgIpc) is 3.03. The molecular weight excluding hydrogens is 372 g/mol. The first-order valence-corrected chi connectivity index (χ1v) is 9.31. The molecule has 1 atom stereocenters. The topological polar surface area (TPSA) is 92.8 Å². The maximum atomic E-state index is 12.4. The number of hydrogen-bond acceptors (Lipinski definition) is 5. The Morgan fingerprint density at radius 3 is 2.24 bits per heavy atom. The zero-order chi connectivity index (χ0) is 21.1. The number of nitrogens with zero attached hydrogens (tertiary/aromatic N) is 1. The van der Waals surface area contributed by atoms with E-state index in [9.17, 15) is 19.2 Å². The second-order valence-electron chi connectivity index (χ2n) is 7.02. The summed E-state index contributed by atoms with van der Waals surface area (Å²) in [7, 11) is 0. The molecular formula is C22H22N2O5. The second kappa shape index (κ2) is 8.26.